The van der Waals surface area contributed by atoms with Crippen molar-refractivity contribution in [3.63, 3.8) is 0 Å². The molecule has 3 aliphatic heterocycles. The number of anilines is 4. The zero-order valence-electron chi connectivity index (χ0n) is 31.7. The number of nitrogens with zero attached hydrogens (tertiary/aromatic N) is 2. The van der Waals surface area contributed by atoms with E-state index in [2.05, 4.69) is 163 Å². The Morgan fingerprint density at radius 3 is 2.08 bits per heavy atom. The van der Waals surface area contributed by atoms with E-state index in [0.717, 1.165) is 12.8 Å². The minimum atomic E-state index is -0.145. The van der Waals surface area contributed by atoms with Gasteiger partial charge in [0.2, 0.25) is 0 Å². The Balaban J connectivity index is 1.25. The minimum Gasteiger partial charge on any atom is -0.337 e. The van der Waals surface area contributed by atoms with Gasteiger partial charge in [-0.05, 0) is 101 Å². The summed E-state index contributed by atoms with van der Waals surface area (Å²) in [5.41, 5.74) is 16.3. The zero-order chi connectivity index (χ0) is 34.7. The number of benzene rings is 3. The van der Waals surface area contributed by atoms with Crippen molar-refractivity contribution in [2.75, 3.05) is 9.80 Å². The number of hydrogen-bond donors (Lipinski definition) is 0. The molecule has 1 fully saturated rings. The van der Waals surface area contributed by atoms with Crippen LogP contribution in [0.25, 0.3) is 0 Å². The van der Waals surface area contributed by atoms with Gasteiger partial charge in [0, 0.05) is 50.7 Å². The molecule has 0 amide bonds. The van der Waals surface area contributed by atoms with Crippen LogP contribution in [0.2, 0.25) is 0 Å². The van der Waals surface area contributed by atoms with Crippen LogP contribution in [0.1, 0.15) is 116 Å². The van der Waals surface area contributed by atoms with Crippen molar-refractivity contribution in [2.45, 2.75) is 116 Å². The zero-order valence-corrected chi connectivity index (χ0v) is 31.7. The summed E-state index contributed by atoms with van der Waals surface area (Å²) < 4.78 is 0. The van der Waals surface area contributed by atoms with Crippen molar-refractivity contribution in [3.05, 3.63) is 130 Å². The maximum absolute atomic E-state index is 2.82. The molecule has 5 atom stereocenters. The fourth-order valence-corrected chi connectivity index (χ4v) is 11.9. The highest BCUT2D eigenvalue weighted by atomic mass is 15.2. The van der Waals surface area contributed by atoms with E-state index in [1.54, 1.807) is 5.70 Å². The molecular weight excluding hydrogens is 605 g/mol. The van der Waals surface area contributed by atoms with Crippen molar-refractivity contribution < 1.29 is 0 Å². The first-order valence-corrected chi connectivity index (χ1v) is 19.5. The number of hydrogen-bond acceptors (Lipinski definition) is 2. The third-order valence-corrected chi connectivity index (χ3v) is 14.9. The van der Waals surface area contributed by atoms with Gasteiger partial charge in [-0.25, -0.2) is 0 Å². The Hall–Kier alpha value is -3.78. The van der Waals surface area contributed by atoms with Gasteiger partial charge in [0.15, 0.2) is 0 Å². The molecule has 7 aliphatic rings. The summed E-state index contributed by atoms with van der Waals surface area (Å²) in [5.74, 6) is 1.76. The highest BCUT2D eigenvalue weighted by Crippen LogP contribution is 2.71. The molecule has 3 aromatic carbocycles. The molecule has 0 aromatic heterocycles. The topological polar surface area (TPSA) is 6.48 Å². The molecule has 50 heavy (non-hydrogen) atoms. The predicted molar refractivity (Wildman–Crippen MR) is 210 cm³/mol. The second-order valence-corrected chi connectivity index (χ2v) is 19.4. The van der Waals surface area contributed by atoms with Gasteiger partial charge in [0.25, 0.3) is 0 Å². The summed E-state index contributed by atoms with van der Waals surface area (Å²) in [6.07, 6.45) is 19.7. The lowest BCUT2D eigenvalue weighted by molar-refractivity contribution is 0.321. The van der Waals surface area contributed by atoms with Gasteiger partial charge in [0.1, 0.15) is 0 Å². The maximum Gasteiger partial charge on any atom is 0.0542 e. The second kappa shape index (κ2) is 9.55. The maximum atomic E-state index is 2.82. The number of rotatable bonds is 3. The van der Waals surface area contributed by atoms with E-state index < -0.39 is 0 Å². The molecule has 0 radical (unpaired) electrons. The van der Waals surface area contributed by atoms with Crippen molar-refractivity contribution >= 4 is 22.7 Å². The average Bonchev–Trinajstić information content (AvgIpc) is 3.77. The Morgan fingerprint density at radius 1 is 0.700 bits per heavy atom. The second-order valence-electron chi connectivity index (χ2n) is 19.4. The van der Waals surface area contributed by atoms with E-state index in [9.17, 15) is 0 Å². The Bertz CT molecular complexity index is 2100. The highest BCUT2D eigenvalue weighted by molar-refractivity contribution is 5.92. The first kappa shape index (κ1) is 31.0. The van der Waals surface area contributed by atoms with Gasteiger partial charge in [-0.3, -0.25) is 0 Å². The fraction of sp³-hybridized carbons (Fsp3) is 0.458. The van der Waals surface area contributed by atoms with Gasteiger partial charge in [-0.1, -0.05) is 129 Å². The summed E-state index contributed by atoms with van der Waals surface area (Å²) in [6.45, 7) is 22.0. The van der Waals surface area contributed by atoms with E-state index in [-0.39, 0.29) is 21.7 Å². The van der Waals surface area contributed by atoms with Gasteiger partial charge in [0.05, 0.1) is 11.4 Å². The molecule has 5 unspecified atom stereocenters. The Morgan fingerprint density at radius 2 is 1.36 bits per heavy atom. The summed E-state index contributed by atoms with van der Waals surface area (Å²) in [7, 11) is 0. The van der Waals surface area contributed by atoms with Crippen LogP contribution < -0.4 is 9.80 Å². The molecule has 2 nitrogen and oxygen atoms in total. The summed E-state index contributed by atoms with van der Waals surface area (Å²) >= 11 is 0. The lowest BCUT2D eigenvalue weighted by Crippen LogP contribution is -2.50. The standard InChI is InChI=1S/C48H54N2/c1-44(2,3)29-22-24-30(25-23-29)49(40-21-14-16-33-32-15-10-11-26-48(32,33)40)31-27-38-43-39(28-31)47(8,9)37-20-13-18-35-42(37)50(43)41-34(45(35,4)5)17-12-19-36(41)46(38,6)7/h10,12-17,19-20,22-25,27-28,32-33,35,40H,11,18,21,26H2,1-9H3. The number of fused-ring (bicyclic) bond motifs is 1. The Kier molecular flexibility index (Phi) is 5.92. The predicted octanol–water partition coefficient (Wildman–Crippen LogP) is 12.2. The average molecular weight is 659 g/mol. The molecule has 2 heteroatoms. The van der Waals surface area contributed by atoms with E-state index >= 15 is 0 Å². The van der Waals surface area contributed by atoms with Crippen LogP contribution in [-0.4, -0.2) is 6.04 Å². The molecule has 3 aromatic rings. The minimum absolute atomic E-state index is 0.0594. The van der Waals surface area contributed by atoms with E-state index in [0.29, 0.717) is 29.2 Å². The lowest BCUT2D eigenvalue weighted by Gasteiger charge is -2.59. The molecule has 0 saturated heterocycles. The fourth-order valence-electron chi connectivity index (χ4n) is 11.9. The van der Waals surface area contributed by atoms with E-state index in [1.165, 1.54) is 69.0 Å². The van der Waals surface area contributed by atoms with Crippen molar-refractivity contribution in [3.8, 4) is 0 Å². The third-order valence-electron chi connectivity index (χ3n) is 14.9. The molecule has 1 saturated carbocycles. The van der Waals surface area contributed by atoms with Crippen molar-refractivity contribution in [1.82, 2.24) is 0 Å². The number of para-hydroxylation sites is 1. The van der Waals surface area contributed by atoms with Crippen LogP contribution in [0.5, 0.6) is 0 Å². The quantitative estimate of drug-likeness (QED) is 0.258. The molecule has 256 valence electrons. The number of allylic oxidation sites excluding steroid dienone is 7. The summed E-state index contributed by atoms with van der Waals surface area (Å²) in [4.78, 5) is 5.59. The summed E-state index contributed by atoms with van der Waals surface area (Å²) in [6, 6.07) is 22.6. The molecular formula is C48H54N2. The molecule has 10 rings (SSSR count). The smallest absolute Gasteiger partial charge is 0.0542 e. The summed E-state index contributed by atoms with van der Waals surface area (Å²) in [5, 5.41) is 0. The van der Waals surface area contributed by atoms with Gasteiger partial charge < -0.3 is 9.80 Å². The lowest BCUT2D eigenvalue weighted by atomic mass is 9.57. The van der Waals surface area contributed by atoms with Crippen LogP contribution in [-0.2, 0) is 21.7 Å². The van der Waals surface area contributed by atoms with Crippen LogP contribution >= 0.6 is 0 Å². The Labute approximate surface area is 300 Å². The molecule has 0 N–H and O–H groups in total. The molecule has 4 aliphatic carbocycles. The largest absolute Gasteiger partial charge is 0.337 e. The van der Waals surface area contributed by atoms with Gasteiger partial charge in [-0.15, -0.1) is 0 Å². The SMILES string of the molecule is CC(C)(C)c1ccc(N(c2cc3c4c(c2)C(C)(C)c2cccc5c2N4C2=C(C=CCC2C5(C)C)C3(C)C)C2CC=CC3C4C=CCCC432)cc1. The van der Waals surface area contributed by atoms with Crippen molar-refractivity contribution in [2.24, 2.45) is 23.2 Å². The molecule has 3 heterocycles. The van der Waals surface area contributed by atoms with Crippen molar-refractivity contribution in [1.29, 1.82) is 0 Å². The monoisotopic (exact) mass is 658 g/mol. The van der Waals surface area contributed by atoms with E-state index in [1.807, 2.05) is 0 Å². The molecule has 0 bridgehead atoms. The molecule has 1 spiro atoms. The highest BCUT2D eigenvalue weighted by Gasteiger charge is 2.68. The van der Waals surface area contributed by atoms with E-state index in [4.69, 9.17) is 0 Å². The first-order valence-electron chi connectivity index (χ1n) is 19.5. The third kappa shape index (κ3) is 3.66. The van der Waals surface area contributed by atoms with Crippen LogP contribution in [0.3, 0.4) is 0 Å². The van der Waals surface area contributed by atoms with Crippen LogP contribution in [0.15, 0.2) is 102 Å². The normalized spacial score (nSPS) is 30.8. The van der Waals surface area contributed by atoms with Gasteiger partial charge in [-0.2, -0.15) is 0 Å². The first-order chi connectivity index (χ1) is 23.7. The van der Waals surface area contributed by atoms with Crippen LogP contribution in [0.4, 0.5) is 22.7 Å². The van der Waals surface area contributed by atoms with Gasteiger partial charge >= 0.3 is 0 Å². The van der Waals surface area contributed by atoms with Crippen LogP contribution in [0, 0.1) is 23.2 Å².